The fourth-order valence-corrected chi connectivity index (χ4v) is 2.97. The molecule has 1 aliphatic rings. The number of hydrogen-bond acceptors (Lipinski definition) is 2. The van der Waals surface area contributed by atoms with Gasteiger partial charge in [-0.15, -0.1) is 4.72 Å². The van der Waals surface area contributed by atoms with Gasteiger partial charge in [-0.05, 0) is 39.2 Å². The molecule has 0 radical (unpaired) electrons. The zero-order valence-corrected chi connectivity index (χ0v) is 11.6. The van der Waals surface area contributed by atoms with Crippen molar-refractivity contribution in [2.75, 3.05) is 0 Å². The lowest BCUT2D eigenvalue weighted by molar-refractivity contribution is 0.318. The van der Waals surface area contributed by atoms with Gasteiger partial charge in [0.15, 0.2) is 0 Å². The van der Waals surface area contributed by atoms with Gasteiger partial charge in [0.05, 0.1) is 6.04 Å². The van der Waals surface area contributed by atoms with Gasteiger partial charge in [0.25, 0.3) is 0 Å². The summed E-state index contributed by atoms with van der Waals surface area (Å²) in [7, 11) is 0. The summed E-state index contributed by atoms with van der Waals surface area (Å²) in [6.07, 6.45) is 2.32. The first-order valence-electron chi connectivity index (χ1n) is 6.21. The minimum atomic E-state index is -0.961. The van der Waals surface area contributed by atoms with E-state index in [1.807, 2.05) is 26.8 Å². The molecule has 3 atom stereocenters. The molecule has 1 aliphatic carbocycles. The second-order valence-corrected chi connectivity index (χ2v) is 7.70. The fraction of sp³-hybridized carbons (Fsp3) is 0.571. The Balaban J connectivity index is 1.96. The first kappa shape index (κ1) is 12.9. The van der Waals surface area contributed by atoms with Crippen LogP contribution in [0, 0.1) is 0 Å². The Morgan fingerprint density at radius 2 is 1.82 bits per heavy atom. The maximum atomic E-state index is 12.0. The standard InChI is InChI=1S/C14H21NOS/c1-14(2,3)17(16)15-13-10-9-12(13)11-7-5-4-6-8-11/h4-8,12-13,15H,9-10H2,1-3H3. The Hall–Kier alpha value is -0.510. The lowest BCUT2D eigenvalue weighted by Gasteiger charge is -2.39. The molecule has 1 saturated carbocycles. The predicted molar refractivity (Wildman–Crippen MR) is 73.2 cm³/mol. The van der Waals surface area contributed by atoms with E-state index in [1.54, 1.807) is 0 Å². The molecule has 2 rings (SSSR count). The third-order valence-corrected chi connectivity index (χ3v) is 4.95. The highest BCUT2D eigenvalue weighted by Gasteiger charge is 2.38. The van der Waals surface area contributed by atoms with Gasteiger partial charge < -0.3 is 4.55 Å². The molecule has 1 N–H and O–H groups in total. The summed E-state index contributed by atoms with van der Waals surface area (Å²) < 4.78 is 15.1. The Kier molecular flexibility index (Phi) is 3.81. The van der Waals surface area contributed by atoms with Crippen molar-refractivity contribution in [2.45, 2.75) is 50.3 Å². The maximum Gasteiger partial charge on any atom is 0.136 e. The highest BCUT2D eigenvalue weighted by atomic mass is 32.2. The number of nitrogens with one attached hydrogen (secondary N) is 1. The van der Waals surface area contributed by atoms with Gasteiger partial charge in [-0.2, -0.15) is 0 Å². The van der Waals surface area contributed by atoms with Crippen molar-refractivity contribution in [1.29, 1.82) is 0 Å². The first-order chi connectivity index (χ1) is 7.98. The Labute approximate surface area is 107 Å². The van der Waals surface area contributed by atoms with Crippen LogP contribution in [0.15, 0.2) is 30.3 Å². The zero-order valence-electron chi connectivity index (χ0n) is 10.8. The first-order valence-corrected chi connectivity index (χ1v) is 7.36. The smallest absolute Gasteiger partial charge is 0.136 e. The molecule has 94 valence electrons. The second kappa shape index (κ2) is 5.01. The van der Waals surface area contributed by atoms with Crippen molar-refractivity contribution in [3.05, 3.63) is 35.9 Å². The highest BCUT2D eigenvalue weighted by Crippen LogP contribution is 2.37. The molecule has 17 heavy (non-hydrogen) atoms. The molecule has 0 aliphatic heterocycles. The Morgan fingerprint density at radius 3 is 2.29 bits per heavy atom. The normalized spacial score (nSPS) is 26.4. The number of hydrogen-bond donors (Lipinski definition) is 1. The lowest BCUT2D eigenvalue weighted by atomic mass is 9.76. The van der Waals surface area contributed by atoms with E-state index in [4.69, 9.17) is 0 Å². The molecule has 0 bridgehead atoms. The highest BCUT2D eigenvalue weighted by molar-refractivity contribution is 7.90. The van der Waals surface area contributed by atoms with Crippen LogP contribution in [0.25, 0.3) is 0 Å². The van der Waals surface area contributed by atoms with Crippen molar-refractivity contribution in [3.63, 3.8) is 0 Å². The second-order valence-electron chi connectivity index (χ2n) is 5.70. The van der Waals surface area contributed by atoms with Gasteiger partial charge in [-0.1, -0.05) is 30.3 Å². The third kappa shape index (κ3) is 3.03. The van der Waals surface area contributed by atoms with Crippen LogP contribution in [-0.2, 0) is 11.4 Å². The molecule has 0 aromatic heterocycles. The van der Waals surface area contributed by atoms with Crippen LogP contribution < -0.4 is 4.72 Å². The molecule has 0 heterocycles. The van der Waals surface area contributed by atoms with Gasteiger partial charge in [0.1, 0.15) is 4.75 Å². The SMILES string of the molecule is CC(C)(C)[S+]([O-])NC1CCC1c1ccccc1. The quantitative estimate of drug-likeness (QED) is 0.838. The van der Waals surface area contributed by atoms with E-state index in [2.05, 4.69) is 29.0 Å². The van der Waals surface area contributed by atoms with Crippen molar-refractivity contribution in [1.82, 2.24) is 4.72 Å². The maximum absolute atomic E-state index is 12.0. The molecule has 1 aromatic carbocycles. The predicted octanol–water partition coefficient (Wildman–Crippen LogP) is 2.98. The van der Waals surface area contributed by atoms with Crippen molar-refractivity contribution >= 4 is 11.4 Å². The van der Waals surface area contributed by atoms with Crippen molar-refractivity contribution in [2.24, 2.45) is 0 Å². The lowest BCUT2D eigenvalue weighted by Crippen LogP contribution is -2.50. The summed E-state index contributed by atoms with van der Waals surface area (Å²) >= 11 is -0.961. The van der Waals surface area contributed by atoms with E-state index < -0.39 is 11.4 Å². The van der Waals surface area contributed by atoms with E-state index in [-0.39, 0.29) is 4.75 Å². The Morgan fingerprint density at radius 1 is 1.18 bits per heavy atom. The van der Waals surface area contributed by atoms with Crippen molar-refractivity contribution < 1.29 is 4.55 Å². The van der Waals surface area contributed by atoms with Crippen LogP contribution in [0.5, 0.6) is 0 Å². The Bertz CT molecular complexity index is 360. The minimum Gasteiger partial charge on any atom is -0.598 e. The van der Waals surface area contributed by atoms with E-state index in [0.717, 1.165) is 6.42 Å². The topological polar surface area (TPSA) is 35.1 Å². The molecule has 1 fully saturated rings. The number of benzene rings is 1. The van der Waals surface area contributed by atoms with Crippen molar-refractivity contribution in [3.8, 4) is 0 Å². The molecule has 0 amide bonds. The average Bonchev–Trinajstić information content (AvgIpc) is 2.24. The molecule has 3 unspecified atom stereocenters. The largest absolute Gasteiger partial charge is 0.598 e. The molecular formula is C14H21NOS. The van der Waals surface area contributed by atoms with Gasteiger partial charge >= 0.3 is 0 Å². The minimum absolute atomic E-state index is 0.184. The molecule has 2 nitrogen and oxygen atoms in total. The van der Waals surface area contributed by atoms with Crippen LogP contribution in [0.2, 0.25) is 0 Å². The van der Waals surface area contributed by atoms with Gasteiger partial charge in [-0.3, -0.25) is 0 Å². The summed E-state index contributed by atoms with van der Waals surface area (Å²) in [6, 6.07) is 10.9. The average molecular weight is 251 g/mol. The molecule has 0 saturated heterocycles. The molecular weight excluding hydrogens is 230 g/mol. The van der Waals surface area contributed by atoms with E-state index in [9.17, 15) is 4.55 Å². The van der Waals surface area contributed by atoms with E-state index in [1.165, 1.54) is 12.0 Å². The third-order valence-electron chi connectivity index (χ3n) is 3.32. The molecule has 1 aromatic rings. The van der Waals surface area contributed by atoms with Crippen LogP contribution in [0.3, 0.4) is 0 Å². The van der Waals surface area contributed by atoms with Crippen LogP contribution in [0.1, 0.15) is 45.1 Å². The fourth-order valence-electron chi connectivity index (χ4n) is 2.05. The molecule has 0 spiro atoms. The summed E-state index contributed by atoms with van der Waals surface area (Å²) in [5, 5.41) is 0. The summed E-state index contributed by atoms with van der Waals surface area (Å²) in [5.41, 5.74) is 1.36. The van der Waals surface area contributed by atoms with E-state index >= 15 is 0 Å². The van der Waals surface area contributed by atoms with Gasteiger partial charge in [-0.25, -0.2) is 0 Å². The summed E-state index contributed by atoms with van der Waals surface area (Å²) in [4.78, 5) is 0. The summed E-state index contributed by atoms with van der Waals surface area (Å²) in [5.74, 6) is 0.530. The van der Waals surface area contributed by atoms with Gasteiger partial charge in [0.2, 0.25) is 0 Å². The van der Waals surface area contributed by atoms with Crippen LogP contribution in [-0.4, -0.2) is 15.3 Å². The number of rotatable bonds is 3. The van der Waals surface area contributed by atoms with E-state index in [0.29, 0.717) is 12.0 Å². The molecule has 3 heteroatoms. The monoisotopic (exact) mass is 251 g/mol. The van der Waals surface area contributed by atoms with Crippen LogP contribution in [0.4, 0.5) is 0 Å². The zero-order chi connectivity index (χ0) is 12.5. The van der Waals surface area contributed by atoms with Gasteiger partial charge in [0, 0.05) is 17.3 Å². The van der Waals surface area contributed by atoms with Crippen LogP contribution >= 0.6 is 0 Å². The summed E-state index contributed by atoms with van der Waals surface area (Å²) in [6.45, 7) is 6.02.